The Labute approximate surface area is 81.3 Å². The summed E-state index contributed by atoms with van der Waals surface area (Å²) < 4.78 is 0. The van der Waals surface area contributed by atoms with Gasteiger partial charge in [0, 0.05) is 20.1 Å². The standard InChI is InChI=1S/C7H15N.C3H7NO/c1-6-2-4-7(8)5-3-6;1-4(2)3-5/h6-7H,2-5,8H2,1H3;3H,1-2H3. The Morgan fingerprint density at radius 2 is 1.62 bits per heavy atom. The topological polar surface area (TPSA) is 46.3 Å². The van der Waals surface area contributed by atoms with Crippen molar-refractivity contribution < 1.29 is 4.79 Å². The van der Waals surface area contributed by atoms with Crippen molar-refractivity contribution >= 4 is 6.41 Å². The smallest absolute Gasteiger partial charge is 0.209 e. The zero-order chi connectivity index (χ0) is 10.3. The van der Waals surface area contributed by atoms with Crippen molar-refractivity contribution in [3.05, 3.63) is 0 Å². The zero-order valence-electron chi connectivity index (χ0n) is 8.99. The summed E-state index contributed by atoms with van der Waals surface area (Å²) in [5.74, 6) is 0.940. The fraction of sp³-hybridized carbons (Fsp3) is 0.900. The maximum absolute atomic E-state index is 9.43. The zero-order valence-corrected chi connectivity index (χ0v) is 8.99. The highest BCUT2D eigenvalue weighted by atomic mass is 16.1. The molecule has 0 aromatic heterocycles. The van der Waals surface area contributed by atoms with E-state index in [1.165, 1.54) is 30.6 Å². The van der Waals surface area contributed by atoms with Gasteiger partial charge in [-0.1, -0.05) is 6.92 Å². The predicted molar refractivity (Wildman–Crippen MR) is 55.4 cm³/mol. The quantitative estimate of drug-likeness (QED) is 0.626. The number of amides is 1. The van der Waals surface area contributed by atoms with E-state index in [9.17, 15) is 4.79 Å². The first kappa shape index (κ1) is 12.4. The predicted octanol–water partition coefficient (Wildman–Crippen LogP) is 1.23. The minimum atomic E-state index is 0.520. The summed E-state index contributed by atoms with van der Waals surface area (Å²) in [7, 11) is 3.38. The molecule has 1 fully saturated rings. The summed E-state index contributed by atoms with van der Waals surface area (Å²) in [6.07, 6.45) is 5.95. The summed E-state index contributed by atoms with van der Waals surface area (Å²) in [6, 6.07) is 0.520. The van der Waals surface area contributed by atoms with E-state index in [0.29, 0.717) is 6.04 Å². The first-order valence-corrected chi connectivity index (χ1v) is 4.93. The molecule has 1 amide bonds. The summed E-state index contributed by atoms with van der Waals surface area (Å²) in [4.78, 5) is 10.9. The van der Waals surface area contributed by atoms with Gasteiger partial charge in [-0.3, -0.25) is 4.79 Å². The van der Waals surface area contributed by atoms with Gasteiger partial charge in [-0.05, 0) is 31.6 Å². The Kier molecular flexibility index (Phi) is 6.59. The van der Waals surface area contributed by atoms with E-state index in [-0.39, 0.29) is 0 Å². The Bertz CT molecular complexity index is 119. The van der Waals surface area contributed by atoms with Crippen LogP contribution in [0.1, 0.15) is 32.6 Å². The van der Waals surface area contributed by atoms with Crippen LogP contribution in [0.4, 0.5) is 0 Å². The second kappa shape index (κ2) is 6.89. The highest BCUT2D eigenvalue weighted by molar-refractivity contribution is 5.45. The lowest BCUT2D eigenvalue weighted by molar-refractivity contribution is -0.115. The van der Waals surface area contributed by atoms with E-state index in [1.807, 2.05) is 0 Å². The van der Waals surface area contributed by atoms with Gasteiger partial charge in [-0.15, -0.1) is 0 Å². The molecule has 1 saturated carbocycles. The molecule has 0 aromatic carbocycles. The molecule has 0 heterocycles. The van der Waals surface area contributed by atoms with Crippen LogP contribution >= 0.6 is 0 Å². The second-order valence-electron chi connectivity index (χ2n) is 4.09. The van der Waals surface area contributed by atoms with E-state index in [4.69, 9.17) is 5.73 Å². The fourth-order valence-corrected chi connectivity index (χ4v) is 1.29. The lowest BCUT2D eigenvalue weighted by atomic mass is 9.88. The third kappa shape index (κ3) is 7.78. The number of nitrogens with two attached hydrogens (primary N) is 1. The number of hydrogen-bond donors (Lipinski definition) is 1. The molecule has 1 aliphatic carbocycles. The minimum absolute atomic E-state index is 0.520. The van der Waals surface area contributed by atoms with Crippen molar-refractivity contribution in [2.24, 2.45) is 11.7 Å². The van der Waals surface area contributed by atoms with Gasteiger partial charge in [0.1, 0.15) is 0 Å². The minimum Gasteiger partial charge on any atom is -0.351 e. The average Bonchev–Trinajstić information content (AvgIpc) is 2.11. The fourth-order valence-electron chi connectivity index (χ4n) is 1.29. The molecule has 0 aliphatic heterocycles. The number of nitrogens with zero attached hydrogens (tertiary/aromatic N) is 1. The van der Waals surface area contributed by atoms with Gasteiger partial charge >= 0.3 is 0 Å². The summed E-state index contributed by atoms with van der Waals surface area (Å²) in [6.45, 7) is 2.31. The molecule has 0 spiro atoms. The third-order valence-electron chi connectivity index (χ3n) is 2.27. The SMILES string of the molecule is CC1CCC(N)CC1.CN(C)C=O. The van der Waals surface area contributed by atoms with E-state index in [1.54, 1.807) is 14.1 Å². The van der Waals surface area contributed by atoms with Crippen LogP contribution in [-0.2, 0) is 4.79 Å². The Morgan fingerprint density at radius 3 is 1.85 bits per heavy atom. The van der Waals surface area contributed by atoms with E-state index in [0.717, 1.165) is 12.3 Å². The number of hydrogen-bond acceptors (Lipinski definition) is 2. The van der Waals surface area contributed by atoms with Crippen molar-refractivity contribution in [3.63, 3.8) is 0 Å². The van der Waals surface area contributed by atoms with Crippen molar-refractivity contribution in [3.8, 4) is 0 Å². The van der Waals surface area contributed by atoms with Gasteiger partial charge in [0.15, 0.2) is 0 Å². The molecular formula is C10H22N2O. The van der Waals surface area contributed by atoms with Crippen LogP contribution < -0.4 is 5.73 Å². The normalized spacial score (nSPS) is 27.1. The van der Waals surface area contributed by atoms with Gasteiger partial charge < -0.3 is 10.6 Å². The van der Waals surface area contributed by atoms with E-state index >= 15 is 0 Å². The van der Waals surface area contributed by atoms with Crippen LogP contribution in [0.2, 0.25) is 0 Å². The van der Waals surface area contributed by atoms with E-state index < -0.39 is 0 Å². The molecule has 0 saturated heterocycles. The molecule has 0 radical (unpaired) electrons. The van der Waals surface area contributed by atoms with Gasteiger partial charge in [-0.2, -0.15) is 0 Å². The lowest BCUT2D eigenvalue weighted by Gasteiger charge is -2.22. The third-order valence-corrected chi connectivity index (χ3v) is 2.27. The van der Waals surface area contributed by atoms with Crippen LogP contribution in [-0.4, -0.2) is 31.4 Å². The number of carbonyl (C=O) groups excluding carboxylic acids is 1. The van der Waals surface area contributed by atoms with Gasteiger partial charge in [-0.25, -0.2) is 0 Å². The Hall–Kier alpha value is -0.570. The van der Waals surface area contributed by atoms with E-state index in [2.05, 4.69) is 6.92 Å². The van der Waals surface area contributed by atoms with Crippen LogP contribution in [0.25, 0.3) is 0 Å². The van der Waals surface area contributed by atoms with Gasteiger partial charge in [0.2, 0.25) is 6.41 Å². The lowest BCUT2D eigenvalue weighted by Crippen LogP contribution is -2.25. The molecule has 0 bridgehead atoms. The van der Waals surface area contributed by atoms with Crippen LogP contribution in [0.3, 0.4) is 0 Å². The molecular weight excluding hydrogens is 164 g/mol. The molecule has 0 aromatic rings. The maximum Gasteiger partial charge on any atom is 0.209 e. The molecule has 0 atom stereocenters. The first-order valence-electron chi connectivity index (χ1n) is 4.93. The monoisotopic (exact) mass is 186 g/mol. The van der Waals surface area contributed by atoms with Crippen molar-refractivity contribution in [2.75, 3.05) is 14.1 Å². The highest BCUT2D eigenvalue weighted by Gasteiger charge is 2.13. The molecule has 3 nitrogen and oxygen atoms in total. The van der Waals surface area contributed by atoms with Crippen LogP contribution in [0.15, 0.2) is 0 Å². The summed E-state index contributed by atoms with van der Waals surface area (Å²) in [5, 5.41) is 0. The van der Waals surface area contributed by atoms with Crippen LogP contribution in [0, 0.1) is 5.92 Å². The molecule has 3 heteroatoms. The average molecular weight is 186 g/mol. The van der Waals surface area contributed by atoms with Gasteiger partial charge in [0.25, 0.3) is 0 Å². The van der Waals surface area contributed by atoms with Crippen molar-refractivity contribution in [2.45, 2.75) is 38.6 Å². The number of carbonyl (C=O) groups is 1. The molecule has 1 rings (SSSR count). The van der Waals surface area contributed by atoms with Gasteiger partial charge in [0.05, 0.1) is 0 Å². The van der Waals surface area contributed by atoms with Crippen LogP contribution in [0.5, 0.6) is 0 Å². The molecule has 78 valence electrons. The van der Waals surface area contributed by atoms with Crippen molar-refractivity contribution in [1.29, 1.82) is 0 Å². The Balaban J connectivity index is 0.000000252. The molecule has 13 heavy (non-hydrogen) atoms. The second-order valence-corrected chi connectivity index (χ2v) is 4.09. The molecule has 0 unspecified atom stereocenters. The highest BCUT2D eigenvalue weighted by Crippen LogP contribution is 2.21. The summed E-state index contributed by atoms with van der Waals surface area (Å²) >= 11 is 0. The molecule has 1 aliphatic rings. The number of rotatable bonds is 1. The summed E-state index contributed by atoms with van der Waals surface area (Å²) in [5.41, 5.74) is 5.70. The maximum atomic E-state index is 9.43. The Morgan fingerprint density at radius 1 is 1.23 bits per heavy atom. The van der Waals surface area contributed by atoms with Crippen molar-refractivity contribution in [1.82, 2.24) is 4.90 Å². The first-order chi connectivity index (χ1) is 6.06. The molecule has 2 N–H and O–H groups in total. The largest absolute Gasteiger partial charge is 0.351 e.